The maximum absolute atomic E-state index is 13.5. The number of hydrogen-bond acceptors (Lipinski definition) is 5. The molecule has 0 saturated heterocycles. The molecular formula is C22H22FN3O3. The molecule has 1 amide bonds. The van der Waals surface area contributed by atoms with Crippen molar-refractivity contribution < 1.29 is 18.8 Å². The van der Waals surface area contributed by atoms with E-state index in [9.17, 15) is 9.18 Å². The molecule has 0 unspecified atom stereocenters. The Hall–Kier alpha value is -3.61. The summed E-state index contributed by atoms with van der Waals surface area (Å²) in [6, 6.07) is 13.1. The molecule has 3 rings (SSSR count). The largest absolute Gasteiger partial charge is 0.497 e. The van der Waals surface area contributed by atoms with Crippen LogP contribution in [-0.2, 0) is 9.63 Å². The minimum absolute atomic E-state index is 0.222. The third-order valence-corrected chi connectivity index (χ3v) is 4.33. The molecule has 1 aliphatic heterocycles. The summed E-state index contributed by atoms with van der Waals surface area (Å²) in [7, 11) is 6.68. The molecule has 0 aliphatic carbocycles. The number of rotatable bonds is 6. The number of methoxy groups -OCH3 is 1. The van der Waals surface area contributed by atoms with Gasteiger partial charge >= 0.3 is 0 Å². The van der Waals surface area contributed by atoms with Crippen LogP contribution >= 0.6 is 0 Å². The summed E-state index contributed by atoms with van der Waals surface area (Å²) in [6.07, 6.45) is 3.22. The van der Waals surface area contributed by atoms with Gasteiger partial charge in [0, 0.05) is 31.6 Å². The fourth-order valence-electron chi connectivity index (χ4n) is 3.10. The van der Waals surface area contributed by atoms with Gasteiger partial charge in [0.15, 0.2) is 0 Å². The molecule has 0 radical (unpaired) electrons. The first-order valence-electron chi connectivity index (χ1n) is 8.90. The fraction of sp³-hybridized carbons (Fsp3) is 0.182. The molecule has 0 atom stereocenters. The molecule has 0 aromatic heterocycles. The van der Waals surface area contributed by atoms with Crippen molar-refractivity contribution in [3.05, 3.63) is 77.4 Å². The number of carbonyl (C=O) groups excluding carboxylic acids is 1. The minimum Gasteiger partial charge on any atom is -0.497 e. The normalized spacial score (nSPS) is 15.6. The zero-order valence-electron chi connectivity index (χ0n) is 16.7. The highest BCUT2D eigenvalue weighted by Gasteiger charge is 2.36. The van der Waals surface area contributed by atoms with E-state index in [0.29, 0.717) is 33.8 Å². The summed E-state index contributed by atoms with van der Waals surface area (Å²) in [6.45, 7) is 0. The minimum atomic E-state index is -0.351. The van der Waals surface area contributed by atoms with Gasteiger partial charge in [-0.25, -0.2) is 4.39 Å². The average molecular weight is 395 g/mol. The summed E-state index contributed by atoms with van der Waals surface area (Å²) >= 11 is 0. The van der Waals surface area contributed by atoms with Crippen LogP contribution in [0.1, 0.15) is 5.56 Å². The van der Waals surface area contributed by atoms with Gasteiger partial charge in [-0.05, 0) is 42.0 Å². The fourth-order valence-corrected chi connectivity index (χ4v) is 3.10. The van der Waals surface area contributed by atoms with Crippen LogP contribution in [0, 0.1) is 5.82 Å². The number of halogens is 1. The van der Waals surface area contributed by atoms with Gasteiger partial charge in [0.05, 0.1) is 24.6 Å². The molecule has 2 aromatic carbocycles. The van der Waals surface area contributed by atoms with Crippen molar-refractivity contribution in [3.63, 3.8) is 0 Å². The Kier molecular flexibility index (Phi) is 5.97. The van der Waals surface area contributed by atoms with Gasteiger partial charge in [0.2, 0.25) is 0 Å². The van der Waals surface area contributed by atoms with E-state index in [1.807, 2.05) is 14.1 Å². The van der Waals surface area contributed by atoms with Crippen molar-refractivity contribution in [2.24, 2.45) is 5.16 Å². The Labute approximate surface area is 169 Å². The van der Waals surface area contributed by atoms with E-state index in [1.165, 1.54) is 25.5 Å². The van der Waals surface area contributed by atoms with E-state index in [4.69, 9.17) is 9.57 Å². The second kappa shape index (κ2) is 8.60. The van der Waals surface area contributed by atoms with E-state index in [-0.39, 0.29) is 11.7 Å². The summed E-state index contributed by atoms with van der Waals surface area (Å²) in [5.74, 6) is 0.107. The zero-order chi connectivity index (χ0) is 21.0. The molecule has 0 bridgehead atoms. The molecule has 0 N–H and O–H groups in total. The molecule has 1 heterocycles. The predicted molar refractivity (Wildman–Crippen MR) is 111 cm³/mol. The van der Waals surface area contributed by atoms with Crippen LogP contribution in [0.3, 0.4) is 0 Å². The number of nitrogens with zero attached hydrogens (tertiary/aromatic N) is 3. The van der Waals surface area contributed by atoms with Gasteiger partial charge in [-0.15, -0.1) is 0 Å². The highest BCUT2D eigenvalue weighted by atomic mass is 19.1. The van der Waals surface area contributed by atoms with Crippen LogP contribution in [0.5, 0.6) is 5.75 Å². The Bertz CT molecular complexity index is 977. The van der Waals surface area contributed by atoms with E-state index in [0.717, 1.165) is 0 Å². The first-order chi connectivity index (χ1) is 14.0. The topological polar surface area (TPSA) is 54.4 Å². The zero-order valence-corrected chi connectivity index (χ0v) is 16.7. The van der Waals surface area contributed by atoms with E-state index in [1.54, 1.807) is 59.5 Å². The molecule has 0 fully saturated rings. The van der Waals surface area contributed by atoms with Crippen LogP contribution in [0.25, 0.3) is 5.57 Å². The number of carbonyl (C=O) groups is 1. The molecule has 7 heteroatoms. The summed E-state index contributed by atoms with van der Waals surface area (Å²) < 4.78 is 18.7. The van der Waals surface area contributed by atoms with Crippen LogP contribution in [0.15, 0.2) is 71.2 Å². The maximum atomic E-state index is 13.5. The van der Waals surface area contributed by atoms with E-state index in [2.05, 4.69) is 5.16 Å². The first-order valence-corrected chi connectivity index (χ1v) is 8.90. The average Bonchev–Trinajstić information content (AvgIpc) is 2.98. The number of benzene rings is 2. The van der Waals surface area contributed by atoms with Crippen molar-refractivity contribution in [1.82, 2.24) is 4.90 Å². The number of amides is 1. The Morgan fingerprint density at radius 1 is 1.03 bits per heavy atom. The van der Waals surface area contributed by atoms with Crippen molar-refractivity contribution in [3.8, 4) is 5.75 Å². The Balaban J connectivity index is 2.24. The second-order valence-electron chi connectivity index (χ2n) is 6.53. The van der Waals surface area contributed by atoms with E-state index >= 15 is 0 Å². The number of oxime groups is 1. The van der Waals surface area contributed by atoms with Crippen molar-refractivity contribution in [2.45, 2.75) is 0 Å². The predicted octanol–water partition coefficient (Wildman–Crippen LogP) is 3.67. The monoisotopic (exact) mass is 395 g/mol. The van der Waals surface area contributed by atoms with Gasteiger partial charge in [0.25, 0.3) is 5.91 Å². The number of hydrogen-bond donors (Lipinski definition) is 0. The first kappa shape index (κ1) is 20.1. The molecular weight excluding hydrogens is 373 g/mol. The number of allylic oxidation sites excluding steroid dienone is 1. The van der Waals surface area contributed by atoms with E-state index < -0.39 is 0 Å². The molecule has 2 aromatic rings. The van der Waals surface area contributed by atoms with Crippen molar-refractivity contribution in [1.29, 1.82) is 0 Å². The molecule has 29 heavy (non-hydrogen) atoms. The van der Waals surface area contributed by atoms with Crippen LogP contribution < -0.4 is 9.64 Å². The Morgan fingerprint density at radius 2 is 1.69 bits per heavy atom. The highest BCUT2D eigenvalue weighted by Crippen LogP contribution is 2.39. The number of ether oxygens (including phenoxy) is 1. The lowest BCUT2D eigenvalue weighted by Crippen LogP contribution is -2.26. The van der Waals surface area contributed by atoms with Crippen LogP contribution in [0.4, 0.5) is 10.1 Å². The van der Waals surface area contributed by atoms with Gasteiger partial charge in [-0.2, -0.15) is 0 Å². The molecule has 0 spiro atoms. The van der Waals surface area contributed by atoms with Gasteiger partial charge < -0.3 is 14.5 Å². The lowest BCUT2D eigenvalue weighted by atomic mass is 9.99. The Morgan fingerprint density at radius 3 is 2.24 bits per heavy atom. The molecule has 150 valence electrons. The molecule has 0 saturated carbocycles. The third-order valence-electron chi connectivity index (χ3n) is 4.33. The van der Waals surface area contributed by atoms with Gasteiger partial charge in [0.1, 0.15) is 18.7 Å². The summed E-state index contributed by atoms with van der Waals surface area (Å²) in [5.41, 5.74) is 2.98. The highest BCUT2D eigenvalue weighted by molar-refractivity contribution is 6.28. The third kappa shape index (κ3) is 4.13. The van der Waals surface area contributed by atoms with Crippen molar-refractivity contribution >= 4 is 23.4 Å². The van der Waals surface area contributed by atoms with Crippen LogP contribution in [0.2, 0.25) is 0 Å². The standard InChI is InChI=1S/C22H22FN3O3/c1-25(2)14-19-21(15-5-7-16(23)8-6-15)20(13-24-29-4)26(22(19)27)17-9-11-18(28-3)12-10-17/h5-14H,1-4H3/b19-14-,24-13+. The summed E-state index contributed by atoms with van der Waals surface area (Å²) in [5, 5.41) is 3.89. The second-order valence-corrected chi connectivity index (χ2v) is 6.53. The SMILES string of the molecule is CO/N=C/C1=C(c2ccc(F)cc2)C(=C/N(C)C)/C(=O)N1c1ccc(OC)cc1. The van der Waals surface area contributed by atoms with Gasteiger partial charge in [-0.1, -0.05) is 17.3 Å². The quantitative estimate of drug-likeness (QED) is 0.425. The maximum Gasteiger partial charge on any atom is 0.265 e. The van der Waals surface area contributed by atoms with Crippen LogP contribution in [-0.4, -0.2) is 45.3 Å². The van der Waals surface area contributed by atoms with Crippen molar-refractivity contribution in [2.75, 3.05) is 33.2 Å². The van der Waals surface area contributed by atoms with Gasteiger partial charge in [-0.3, -0.25) is 9.69 Å². The smallest absolute Gasteiger partial charge is 0.265 e. The number of anilines is 1. The lowest BCUT2D eigenvalue weighted by Gasteiger charge is -2.18. The molecule has 1 aliphatic rings. The summed E-state index contributed by atoms with van der Waals surface area (Å²) in [4.78, 5) is 21.6. The molecule has 6 nitrogen and oxygen atoms in total. The lowest BCUT2D eigenvalue weighted by molar-refractivity contribution is -0.114.